The van der Waals surface area contributed by atoms with Crippen molar-refractivity contribution < 1.29 is 14.2 Å². The molecule has 0 aromatic carbocycles. The lowest BCUT2D eigenvalue weighted by Gasteiger charge is -2.27. The van der Waals surface area contributed by atoms with Crippen molar-refractivity contribution in [1.82, 2.24) is 0 Å². The highest BCUT2D eigenvalue weighted by molar-refractivity contribution is 4.98. The van der Waals surface area contributed by atoms with Crippen molar-refractivity contribution in [2.45, 2.75) is 45.3 Å². The minimum atomic E-state index is -0.192. The van der Waals surface area contributed by atoms with Crippen molar-refractivity contribution in [2.24, 2.45) is 0 Å². The first-order chi connectivity index (χ1) is 7.08. The summed E-state index contributed by atoms with van der Waals surface area (Å²) in [5, 5.41) is 0. The van der Waals surface area contributed by atoms with Crippen molar-refractivity contribution in [3.8, 4) is 0 Å². The van der Waals surface area contributed by atoms with Crippen LogP contribution in [0.3, 0.4) is 0 Å². The van der Waals surface area contributed by atoms with Gasteiger partial charge in [0.15, 0.2) is 0 Å². The maximum Gasteiger partial charge on any atom is 0.147 e. The molecule has 0 amide bonds. The predicted octanol–water partition coefficient (Wildman–Crippen LogP) is 2.51. The van der Waals surface area contributed by atoms with Crippen molar-refractivity contribution in [3.63, 3.8) is 0 Å². The number of allylic oxidation sites excluding steroid dienone is 2. The minimum Gasteiger partial charge on any atom is -0.370 e. The molecule has 0 unspecified atom stereocenters. The zero-order chi connectivity index (χ0) is 11.3. The number of ether oxygens (including phenoxy) is 3. The highest BCUT2D eigenvalue weighted by Crippen LogP contribution is 2.32. The van der Waals surface area contributed by atoms with Gasteiger partial charge in [0, 0.05) is 7.11 Å². The summed E-state index contributed by atoms with van der Waals surface area (Å²) < 4.78 is 16.0. The van der Waals surface area contributed by atoms with E-state index in [0.29, 0.717) is 6.79 Å². The Morgan fingerprint density at radius 2 is 2.20 bits per heavy atom. The molecule has 0 saturated carbocycles. The fourth-order valence-corrected chi connectivity index (χ4v) is 1.57. The summed E-state index contributed by atoms with van der Waals surface area (Å²) in [5.41, 5.74) is 1.16. The highest BCUT2D eigenvalue weighted by atomic mass is 16.7. The number of hydrogen-bond donors (Lipinski definition) is 0. The molecule has 0 aliphatic carbocycles. The standard InChI is InChI=1S/C12H22O3/c1-10(2)6-5-7-12(3,11-8-14-11)15-9-13-4/h6,11H,5,7-9H2,1-4H3/t11-,12+/m0/s1. The third-order valence-corrected chi connectivity index (χ3v) is 2.71. The third-order valence-electron chi connectivity index (χ3n) is 2.71. The molecule has 0 aromatic rings. The summed E-state index contributed by atoms with van der Waals surface area (Å²) in [7, 11) is 1.64. The summed E-state index contributed by atoms with van der Waals surface area (Å²) in [4.78, 5) is 0. The van der Waals surface area contributed by atoms with Gasteiger partial charge in [-0.25, -0.2) is 0 Å². The van der Waals surface area contributed by atoms with Gasteiger partial charge >= 0.3 is 0 Å². The molecule has 1 heterocycles. The monoisotopic (exact) mass is 214 g/mol. The fraction of sp³-hybridized carbons (Fsp3) is 0.833. The van der Waals surface area contributed by atoms with Gasteiger partial charge < -0.3 is 14.2 Å². The number of rotatable bonds is 7. The van der Waals surface area contributed by atoms with E-state index in [1.165, 1.54) is 5.57 Å². The fourth-order valence-electron chi connectivity index (χ4n) is 1.57. The molecule has 3 heteroatoms. The average Bonchev–Trinajstić information content (AvgIpc) is 2.97. The molecular weight excluding hydrogens is 192 g/mol. The Bertz CT molecular complexity index is 217. The Kier molecular flexibility index (Phi) is 4.77. The Labute approximate surface area is 92.4 Å². The second kappa shape index (κ2) is 5.64. The van der Waals surface area contributed by atoms with Crippen LogP contribution in [0.4, 0.5) is 0 Å². The third kappa shape index (κ3) is 4.33. The highest BCUT2D eigenvalue weighted by Gasteiger charge is 2.43. The first kappa shape index (κ1) is 12.7. The van der Waals surface area contributed by atoms with Gasteiger partial charge in [-0.15, -0.1) is 0 Å². The van der Waals surface area contributed by atoms with Crippen LogP contribution in [0.1, 0.15) is 33.6 Å². The summed E-state index contributed by atoms with van der Waals surface area (Å²) in [6.45, 7) is 7.48. The summed E-state index contributed by atoms with van der Waals surface area (Å²) in [6.07, 6.45) is 4.49. The van der Waals surface area contributed by atoms with Gasteiger partial charge in [0.05, 0.1) is 12.2 Å². The van der Waals surface area contributed by atoms with Crippen LogP contribution in [-0.2, 0) is 14.2 Å². The Balaban J connectivity index is 2.38. The molecule has 1 aliphatic heterocycles. The van der Waals surface area contributed by atoms with Crippen LogP contribution < -0.4 is 0 Å². The van der Waals surface area contributed by atoms with Crippen LogP contribution in [0.5, 0.6) is 0 Å². The van der Waals surface area contributed by atoms with Gasteiger partial charge in [-0.1, -0.05) is 11.6 Å². The molecule has 15 heavy (non-hydrogen) atoms. The maximum atomic E-state index is 5.71. The summed E-state index contributed by atoms with van der Waals surface area (Å²) in [6, 6.07) is 0. The number of methoxy groups -OCH3 is 1. The Morgan fingerprint density at radius 3 is 2.67 bits per heavy atom. The lowest BCUT2D eigenvalue weighted by Crippen LogP contribution is -2.36. The van der Waals surface area contributed by atoms with Gasteiger partial charge in [-0.2, -0.15) is 0 Å². The van der Waals surface area contributed by atoms with E-state index in [1.807, 2.05) is 0 Å². The zero-order valence-electron chi connectivity index (χ0n) is 10.2. The van der Waals surface area contributed by atoms with E-state index in [9.17, 15) is 0 Å². The van der Waals surface area contributed by atoms with E-state index < -0.39 is 0 Å². The molecule has 1 rings (SSSR count). The van der Waals surface area contributed by atoms with Crippen molar-refractivity contribution in [1.29, 1.82) is 0 Å². The van der Waals surface area contributed by atoms with E-state index in [4.69, 9.17) is 14.2 Å². The van der Waals surface area contributed by atoms with Gasteiger partial charge in [-0.05, 0) is 33.6 Å². The van der Waals surface area contributed by atoms with Crippen LogP contribution in [-0.4, -0.2) is 32.2 Å². The van der Waals surface area contributed by atoms with Gasteiger partial charge in [0.25, 0.3) is 0 Å². The summed E-state index contributed by atoms with van der Waals surface area (Å²) >= 11 is 0. The molecule has 1 fully saturated rings. The molecule has 0 N–H and O–H groups in total. The molecule has 1 aliphatic rings. The van der Waals surface area contributed by atoms with Crippen molar-refractivity contribution >= 4 is 0 Å². The predicted molar refractivity (Wildman–Crippen MR) is 59.8 cm³/mol. The van der Waals surface area contributed by atoms with Gasteiger partial charge in [-0.3, -0.25) is 0 Å². The van der Waals surface area contributed by atoms with Crippen molar-refractivity contribution in [2.75, 3.05) is 20.5 Å². The van der Waals surface area contributed by atoms with Crippen LogP contribution in [0.15, 0.2) is 11.6 Å². The van der Waals surface area contributed by atoms with E-state index in [1.54, 1.807) is 7.11 Å². The van der Waals surface area contributed by atoms with E-state index in [2.05, 4.69) is 26.8 Å². The molecule has 88 valence electrons. The molecule has 0 spiro atoms. The van der Waals surface area contributed by atoms with Crippen LogP contribution in [0.25, 0.3) is 0 Å². The molecular formula is C12H22O3. The maximum absolute atomic E-state index is 5.71. The number of epoxide rings is 1. The first-order valence-corrected chi connectivity index (χ1v) is 5.46. The largest absolute Gasteiger partial charge is 0.370 e. The lowest BCUT2D eigenvalue weighted by molar-refractivity contribution is -0.135. The molecule has 0 radical (unpaired) electrons. The Morgan fingerprint density at radius 1 is 1.53 bits per heavy atom. The second-order valence-corrected chi connectivity index (χ2v) is 4.51. The lowest BCUT2D eigenvalue weighted by atomic mass is 9.95. The number of hydrogen-bond acceptors (Lipinski definition) is 3. The van der Waals surface area contributed by atoms with E-state index in [-0.39, 0.29) is 11.7 Å². The van der Waals surface area contributed by atoms with E-state index in [0.717, 1.165) is 19.4 Å². The molecule has 0 bridgehead atoms. The molecule has 3 nitrogen and oxygen atoms in total. The zero-order valence-corrected chi connectivity index (χ0v) is 10.2. The minimum absolute atomic E-state index is 0.192. The van der Waals surface area contributed by atoms with Gasteiger partial charge in [0.1, 0.15) is 12.9 Å². The quantitative estimate of drug-likeness (QED) is 0.370. The first-order valence-electron chi connectivity index (χ1n) is 5.46. The molecule has 0 aromatic heterocycles. The van der Waals surface area contributed by atoms with E-state index >= 15 is 0 Å². The SMILES string of the molecule is COCO[C@](C)(CCC=C(C)C)[C@@H]1CO1. The Hall–Kier alpha value is -0.380. The average molecular weight is 214 g/mol. The normalized spacial score (nSPS) is 23.3. The van der Waals surface area contributed by atoms with Crippen molar-refractivity contribution in [3.05, 3.63) is 11.6 Å². The smallest absolute Gasteiger partial charge is 0.147 e. The van der Waals surface area contributed by atoms with Crippen LogP contribution in [0.2, 0.25) is 0 Å². The van der Waals surface area contributed by atoms with Gasteiger partial charge in [0.2, 0.25) is 0 Å². The molecule has 1 saturated heterocycles. The molecule has 2 atom stereocenters. The topological polar surface area (TPSA) is 31.0 Å². The van der Waals surface area contributed by atoms with Crippen LogP contribution in [0, 0.1) is 0 Å². The van der Waals surface area contributed by atoms with Crippen LogP contribution >= 0.6 is 0 Å². The summed E-state index contributed by atoms with van der Waals surface area (Å²) in [5.74, 6) is 0. The second-order valence-electron chi connectivity index (χ2n) is 4.51.